The van der Waals surface area contributed by atoms with E-state index < -0.39 is 11.6 Å². The maximum absolute atomic E-state index is 12.9. The maximum Gasteiger partial charge on any atom is 0.159 e. The van der Waals surface area contributed by atoms with Crippen LogP contribution in [-0.4, -0.2) is 0 Å². The van der Waals surface area contributed by atoms with Crippen LogP contribution in [0.2, 0.25) is 5.02 Å². The Morgan fingerprint density at radius 2 is 1.33 bits per heavy atom. The van der Waals surface area contributed by atoms with Crippen LogP contribution in [0.5, 0.6) is 0 Å². The molecule has 0 aliphatic carbocycles. The Balaban J connectivity index is 2.45. The van der Waals surface area contributed by atoms with Crippen LogP contribution in [0.4, 0.5) is 8.78 Å². The van der Waals surface area contributed by atoms with E-state index in [1.165, 1.54) is 12.1 Å². The predicted molar refractivity (Wildman–Crippen MR) is 56.8 cm³/mol. The van der Waals surface area contributed by atoms with Crippen LogP contribution >= 0.6 is 11.6 Å². The summed E-state index contributed by atoms with van der Waals surface area (Å²) in [6, 6.07) is 10.7. The molecule has 0 fully saturated rings. The average molecular weight is 225 g/mol. The first-order valence-corrected chi connectivity index (χ1v) is 4.75. The Morgan fingerprint density at radius 3 is 1.93 bits per heavy atom. The maximum atomic E-state index is 12.9. The number of hydrogen-bond donors (Lipinski definition) is 0. The number of hydrogen-bond acceptors (Lipinski definition) is 0. The summed E-state index contributed by atoms with van der Waals surface area (Å²) in [5, 5.41) is 0.612. The molecule has 0 N–H and O–H groups in total. The highest BCUT2D eigenvalue weighted by molar-refractivity contribution is 6.30. The fraction of sp³-hybridized carbons (Fsp3) is 0. The van der Waals surface area contributed by atoms with E-state index in [2.05, 4.69) is 0 Å². The first-order valence-electron chi connectivity index (χ1n) is 4.38. The van der Waals surface area contributed by atoms with E-state index >= 15 is 0 Å². The van der Waals surface area contributed by atoms with Crippen LogP contribution in [-0.2, 0) is 0 Å². The van der Waals surface area contributed by atoms with Gasteiger partial charge in [-0.3, -0.25) is 0 Å². The Labute approximate surface area is 91.1 Å². The number of halogens is 3. The van der Waals surface area contributed by atoms with E-state index in [0.29, 0.717) is 10.6 Å². The molecule has 0 atom stereocenters. The van der Waals surface area contributed by atoms with Crippen LogP contribution in [0.25, 0.3) is 11.1 Å². The molecule has 76 valence electrons. The lowest BCUT2D eigenvalue weighted by Gasteiger charge is -2.02. The van der Waals surface area contributed by atoms with Crippen molar-refractivity contribution in [2.45, 2.75) is 0 Å². The third kappa shape index (κ3) is 2.16. The highest BCUT2D eigenvalue weighted by atomic mass is 35.5. The van der Waals surface area contributed by atoms with Crippen molar-refractivity contribution in [1.29, 1.82) is 0 Å². The second kappa shape index (κ2) is 3.99. The zero-order valence-electron chi connectivity index (χ0n) is 7.68. The van der Waals surface area contributed by atoms with Crippen molar-refractivity contribution < 1.29 is 8.78 Å². The normalized spacial score (nSPS) is 10.3. The van der Waals surface area contributed by atoms with Crippen molar-refractivity contribution in [3.05, 3.63) is 59.1 Å². The molecule has 0 aliphatic rings. The van der Waals surface area contributed by atoms with Gasteiger partial charge in [0.2, 0.25) is 0 Å². The minimum Gasteiger partial charge on any atom is -0.204 e. The molecule has 0 amide bonds. The fourth-order valence-electron chi connectivity index (χ4n) is 1.32. The van der Waals surface area contributed by atoms with Crippen molar-refractivity contribution in [2.75, 3.05) is 0 Å². The van der Waals surface area contributed by atoms with Gasteiger partial charge in [0.1, 0.15) is 0 Å². The summed E-state index contributed by atoms with van der Waals surface area (Å²) in [7, 11) is 0. The lowest BCUT2D eigenvalue weighted by Crippen LogP contribution is -1.84. The summed E-state index contributed by atoms with van der Waals surface area (Å²) in [6.07, 6.45) is 0. The average Bonchev–Trinajstić information content (AvgIpc) is 2.23. The van der Waals surface area contributed by atoms with E-state index in [4.69, 9.17) is 11.6 Å². The summed E-state index contributed by atoms with van der Waals surface area (Å²) in [5.41, 5.74) is 1.43. The van der Waals surface area contributed by atoms with Gasteiger partial charge in [0.25, 0.3) is 0 Å². The molecule has 15 heavy (non-hydrogen) atoms. The molecule has 0 saturated carbocycles. The Bertz CT molecular complexity index is 477. The van der Waals surface area contributed by atoms with E-state index in [9.17, 15) is 8.78 Å². The fourth-order valence-corrected chi connectivity index (χ4v) is 1.44. The molecule has 0 nitrogen and oxygen atoms in total. The van der Waals surface area contributed by atoms with Gasteiger partial charge < -0.3 is 0 Å². The molecule has 0 unspecified atom stereocenters. The van der Waals surface area contributed by atoms with Gasteiger partial charge in [-0.05, 0) is 35.4 Å². The van der Waals surface area contributed by atoms with Gasteiger partial charge in [0, 0.05) is 5.02 Å². The highest BCUT2D eigenvalue weighted by Gasteiger charge is 2.03. The van der Waals surface area contributed by atoms with Crippen molar-refractivity contribution in [3.8, 4) is 11.1 Å². The van der Waals surface area contributed by atoms with E-state index in [-0.39, 0.29) is 0 Å². The molecule has 2 aromatic rings. The van der Waals surface area contributed by atoms with E-state index in [0.717, 1.165) is 11.6 Å². The summed E-state index contributed by atoms with van der Waals surface area (Å²) >= 11 is 5.72. The lowest BCUT2D eigenvalue weighted by molar-refractivity contribution is 0.509. The molecule has 2 aromatic carbocycles. The molecule has 2 rings (SSSR count). The van der Waals surface area contributed by atoms with Crippen LogP contribution in [0, 0.1) is 11.6 Å². The van der Waals surface area contributed by atoms with Gasteiger partial charge in [-0.2, -0.15) is 0 Å². The molecule has 0 spiro atoms. The zero-order valence-corrected chi connectivity index (χ0v) is 8.43. The van der Waals surface area contributed by atoms with Crippen LogP contribution in [0.15, 0.2) is 42.5 Å². The molecule has 0 saturated heterocycles. The summed E-state index contributed by atoms with van der Waals surface area (Å²) < 4.78 is 25.6. The molecule has 0 radical (unpaired) electrons. The first kappa shape index (κ1) is 10.1. The summed E-state index contributed by atoms with van der Waals surface area (Å²) in [4.78, 5) is 0. The van der Waals surface area contributed by atoms with Crippen molar-refractivity contribution >= 4 is 11.6 Å². The molecular formula is C12H7ClF2. The van der Waals surface area contributed by atoms with Gasteiger partial charge in [-0.1, -0.05) is 29.8 Å². The van der Waals surface area contributed by atoms with E-state index in [1.54, 1.807) is 24.3 Å². The first-order chi connectivity index (χ1) is 7.16. The zero-order chi connectivity index (χ0) is 10.8. The second-order valence-corrected chi connectivity index (χ2v) is 3.57. The Hall–Kier alpha value is -1.41. The van der Waals surface area contributed by atoms with Crippen LogP contribution in [0.1, 0.15) is 0 Å². The lowest BCUT2D eigenvalue weighted by atomic mass is 10.1. The van der Waals surface area contributed by atoms with E-state index in [1.807, 2.05) is 0 Å². The molecule has 3 heteroatoms. The largest absolute Gasteiger partial charge is 0.204 e. The predicted octanol–water partition coefficient (Wildman–Crippen LogP) is 4.29. The Morgan fingerprint density at radius 1 is 0.733 bits per heavy atom. The summed E-state index contributed by atoms with van der Waals surface area (Å²) in [5.74, 6) is -1.69. The quantitative estimate of drug-likeness (QED) is 0.678. The standard InChI is InChI=1S/C12H7ClF2/c13-10-4-1-8(2-5-10)9-3-6-11(14)12(15)7-9/h1-7H. The highest BCUT2D eigenvalue weighted by Crippen LogP contribution is 2.22. The van der Waals surface area contributed by atoms with Crippen molar-refractivity contribution in [3.63, 3.8) is 0 Å². The SMILES string of the molecule is Fc1ccc(-c2ccc(Cl)cc2)cc1F. The molecular weight excluding hydrogens is 218 g/mol. The third-order valence-electron chi connectivity index (χ3n) is 2.10. The van der Waals surface area contributed by atoms with Crippen molar-refractivity contribution in [2.24, 2.45) is 0 Å². The molecule has 0 aromatic heterocycles. The minimum absolute atomic E-state index is 0.612. The van der Waals surface area contributed by atoms with Gasteiger partial charge in [0.05, 0.1) is 0 Å². The molecule has 0 bridgehead atoms. The topological polar surface area (TPSA) is 0 Å². The summed E-state index contributed by atoms with van der Waals surface area (Å²) in [6.45, 7) is 0. The second-order valence-electron chi connectivity index (χ2n) is 3.14. The molecule has 0 heterocycles. The number of benzene rings is 2. The van der Waals surface area contributed by atoms with Gasteiger partial charge >= 0.3 is 0 Å². The van der Waals surface area contributed by atoms with Gasteiger partial charge in [-0.15, -0.1) is 0 Å². The third-order valence-corrected chi connectivity index (χ3v) is 2.35. The number of rotatable bonds is 1. The van der Waals surface area contributed by atoms with Crippen molar-refractivity contribution in [1.82, 2.24) is 0 Å². The smallest absolute Gasteiger partial charge is 0.159 e. The Kier molecular flexibility index (Phi) is 2.69. The van der Waals surface area contributed by atoms with Gasteiger partial charge in [-0.25, -0.2) is 8.78 Å². The van der Waals surface area contributed by atoms with Crippen LogP contribution < -0.4 is 0 Å². The van der Waals surface area contributed by atoms with Gasteiger partial charge in [0.15, 0.2) is 11.6 Å². The molecule has 0 aliphatic heterocycles. The minimum atomic E-state index is -0.845. The monoisotopic (exact) mass is 224 g/mol. The van der Waals surface area contributed by atoms with Crippen LogP contribution in [0.3, 0.4) is 0 Å².